The molecule has 216 valence electrons. The average molecular weight is 557 g/mol. The summed E-state index contributed by atoms with van der Waals surface area (Å²) in [7, 11) is 1.24. The fourth-order valence-electron chi connectivity index (χ4n) is 4.69. The largest absolute Gasteiger partial charge is 0.504 e. The van der Waals surface area contributed by atoms with Crippen LogP contribution in [0.1, 0.15) is 12.5 Å². The molecule has 15 heteroatoms. The van der Waals surface area contributed by atoms with Crippen LogP contribution in [-0.2, 0) is 23.8 Å². The Hall–Kier alpha value is -2.86. The minimum Gasteiger partial charge on any atom is -0.504 e. The molecule has 3 fully saturated rings. The molecule has 0 radical (unpaired) electrons. The first-order valence-corrected chi connectivity index (χ1v) is 12.1. The van der Waals surface area contributed by atoms with Crippen molar-refractivity contribution in [1.82, 2.24) is 5.32 Å². The van der Waals surface area contributed by atoms with Gasteiger partial charge in [0.05, 0.1) is 12.6 Å². The molecule has 15 nitrogen and oxygen atoms in total. The highest BCUT2D eigenvalue weighted by molar-refractivity contribution is 5.97. The van der Waals surface area contributed by atoms with Crippen molar-refractivity contribution < 1.29 is 64.3 Å². The summed E-state index contributed by atoms with van der Waals surface area (Å²) in [4.78, 5) is 17.4. The van der Waals surface area contributed by atoms with Crippen LogP contribution in [0.15, 0.2) is 28.9 Å². The summed E-state index contributed by atoms with van der Waals surface area (Å²) >= 11 is 0. The van der Waals surface area contributed by atoms with Gasteiger partial charge in [0.25, 0.3) is 0 Å². The monoisotopic (exact) mass is 556 g/mol. The Bertz CT molecular complexity index is 1100. The molecule has 2 heterocycles. The molecule has 39 heavy (non-hydrogen) atoms. The molecule has 8 N–H and O–H groups in total. The summed E-state index contributed by atoms with van der Waals surface area (Å²) < 4.78 is 21.4. The summed E-state index contributed by atoms with van der Waals surface area (Å²) in [6.07, 6.45) is -10.2. The van der Waals surface area contributed by atoms with Gasteiger partial charge in [-0.2, -0.15) is 0 Å². The second kappa shape index (κ2) is 12.1. The zero-order chi connectivity index (χ0) is 28.4. The number of aromatic hydroxyl groups is 1. The lowest BCUT2D eigenvalue weighted by Crippen LogP contribution is -2.67. The predicted octanol–water partition coefficient (Wildman–Crippen LogP) is -3.06. The Morgan fingerprint density at radius 1 is 1.08 bits per heavy atom. The number of aliphatic hydroxyl groups is 6. The van der Waals surface area contributed by atoms with E-state index >= 15 is 0 Å². The Kier molecular flexibility index (Phi) is 9.05. The van der Waals surface area contributed by atoms with Gasteiger partial charge >= 0.3 is 0 Å². The number of amides is 1. The van der Waals surface area contributed by atoms with Crippen LogP contribution in [0.2, 0.25) is 0 Å². The number of aliphatic hydroxyl groups excluding tert-OH is 6. The number of rotatable bonds is 8. The van der Waals surface area contributed by atoms with Crippen molar-refractivity contribution in [2.75, 3.05) is 20.5 Å². The topological polar surface area (TPSA) is 229 Å². The smallest absolute Gasteiger partial charge is 0.247 e. The van der Waals surface area contributed by atoms with Crippen molar-refractivity contribution >= 4 is 17.7 Å². The molecule has 1 aromatic rings. The minimum absolute atomic E-state index is 0.0692. The number of benzene rings is 1. The molecule has 1 unspecified atom stereocenters. The van der Waals surface area contributed by atoms with Crippen LogP contribution in [0.3, 0.4) is 0 Å². The molecule has 0 spiro atoms. The van der Waals surface area contributed by atoms with Crippen molar-refractivity contribution in [3.05, 3.63) is 29.3 Å². The number of phenolic OH excluding ortho intramolecular Hbond substituents is 1. The molecule has 1 amide bonds. The van der Waals surface area contributed by atoms with E-state index in [4.69, 9.17) is 18.9 Å². The number of hydrogen-bond donors (Lipinski definition) is 8. The molecule has 4 rings (SSSR count). The lowest BCUT2D eigenvalue weighted by Gasteiger charge is -2.41. The van der Waals surface area contributed by atoms with Gasteiger partial charge in [0.2, 0.25) is 12.2 Å². The van der Waals surface area contributed by atoms with E-state index < -0.39 is 73.7 Å². The number of phenols is 1. The van der Waals surface area contributed by atoms with E-state index in [9.17, 15) is 40.5 Å². The van der Waals surface area contributed by atoms with E-state index in [2.05, 4.69) is 15.3 Å². The molecular weight excluding hydrogens is 524 g/mol. The van der Waals surface area contributed by atoms with Crippen LogP contribution in [0, 0.1) is 0 Å². The predicted molar refractivity (Wildman–Crippen MR) is 129 cm³/mol. The van der Waals surface area contributed by atoms with E-state index in [1.807, 2.05) is 0 Å². The number of nitrogens with zero attached hydrogens (tertiary/aromatic N) is 1. The van der Waals surface area contributed by atoms with Gasteiger partial charge in [0.15, 0.2) is 11.5 Å². The lowest BCUT2D eigenvalue weighted by atomic mass is 9.83. The van der Waals surface area contributed by atoms with Crippen LogP contribution >= 0.6 is 0 Å². The third kappa shape index (κ3) is 5.86. The molecule has 3 aliphatic rings. The second-order valence-electron chi connectivity index (χ2n) is 9.35. The number of carbonyl (C=O) groups excluding carboxylic acids is 1. The number of oxime groups is 1. The quantitative estimate of drug-likeness (QED) is 0.0904. The van der Waals surface area contributed by atoms with E-state index in [1.165, 1.54) is 38.3 Å². The molecule has 1 aromatic carbocycles. The summed E-state index contributed by atoms with van der Waals surface area (Å²) in [5, 5.41) is 77.6. The Labute approximate surface area is 222 Å². The van der Waals surface area contributed by atoms with Crippen LogP contribution in [-0.4, -0.2) is 129 Å². The zero-order valence-corrected chi connectivity index (χ0v) is 21.0. The van der Waals surface area contributed by atoms with Gasteiger partial charge in [0, 0.05) is 5.57 Å². The maximum atomic E-state index is 12.8. The summed E-state index contributed by atoms with van der Waals surface area (Å²) in [5.74, 6) is -1.12. The van der Waals surface area contributed by atoms with Gasteiger partial charge in [-0.05, 0) is 30.7 Å². The second-order valence-corrected chi connectivity index (χ2v) is 9.35. The average Bonchev–Trinajstić information content (AvgIpc) is 3.51. The van der Waals surface area contributed by atoms with Gasteiger partial charge < -0.3 is 64.8 Å². The fourth-order valence-corrected chi connectivity index (χ4v) is 4.69. The van der Waals surface area contributed by atoms with Crippen molar-refractivity contribution in [2.45, 2.75) is 68.1 Å². The highest BCUT2D eigenvalue weighted by atomic mass is 16.7. The van der Waals surface area contributed by atoms with Crippen LogP contribution in [0.25, 0.3) is 6.08 Å². The summed E-state index contributed by atoms with van der Waals surface area (Å²) in [6, 6.07) is 2.89. The molecule has 0 bridgehead atoms. The molecule has 10 atom stereocenters. The number of ether oxygens (including phenoxy) is 4. The Morgan fingerprint density at radius 2 is 1.77 bits per heavy atom. The molecule has 0 aromatic heterocycles. The first-order valence-electron chi connectivity index (χ1n) is 12.1. The van der Waals surface area contributed by atoms with E-state index in [0.29, 0.717) is 5.56 Å². The molecular formula is C24H32N2O13. The SMILES string of the molecule is CON=C(CO)[C@H]1O[C@@H](Oc2ccc(C=C(C)C(=O)NC3[C@@H](O)[C@@H]4OCO[C@@H]4[C@H](O)[C@H]3O)cc2O)[C@@H](O)[C@@H]1O. The third-order valence-corrected chi connectivity index (χ3v) is 6.79. The van der Waals surface area contributed by atoms with Crippen LogP contribution in [0.5, 0.6) is 11.5 Å². The van der Waals surface area contributed by atoms with Crippen molar-refractivity contribution in [1.29, 1.82) is 0 Å². The minimum atomic E-state index is -1.53. The number of carbonyl (C=O) groups is 1. The molecule has 2 aliphatic heterocycles. The normalized spacial score (nSPS) is 36.9. The van der Waals surface area contributed by atoms with Gasteiger partial charge in [-0.15, -0.1) is 0 Å². The first-order chi connectivity index (χ1) is 18.6. The van der Waals surface area contributed by atoms with Crippen molar-refractivity contribution in [3.8, 4) is 11.5 Å². The van der Waals surface area contributed by atoms with E-state index in [1.54, 1.807) is 0 Å². The highest BCUT2D eigenvalue weighted by Crippen LogP contribution is 2.33. The zero-order valence-electron chi connectivity index (χ0n) is 21.0. The van der Waals surface area contributed by atoms with Gasteiger partial charge in [-0.25, -0.2) is 0 Å². The van der Waals surface area contributed by atoms with Crippen molar-refractivity contribution in [3.63, 3.8) is 0 Å². The molecule has 2 saturated heterocycles. The first kappa shape index (κ1) is 29.1. The molecule has 1 aliphatic carbocycles. The Balaban J connectivity index is 1.41. The van der Waals surface area contributed by atoms with Gasteiger partial charge in [-0.3, -0.25) is 4.79 Å². The van der Waals surface area contributed by atoms with Crippen molar-refractivity contribution in [2.24, 2.45) is 5.16 Å². The van der Waals surface area contributed by atoms with Gasteiger partial charge in [-0.1, -0.05) is 11.2 Å². The van der Waals surface area contributed by atoms with Crippen LogP contribution < -0.4 is 10.1 Å². The fraction of sp³-hybridized carbons (Fsp3) is 0.583. The standard InChI is InChI=1S/C24H32N2O13/c1-9(23(34)25-14-15(29)17(31)22-21(16(14)30)36-8-37-22)5-10-3-4-13(12(28)6-10)38-24-19(33)18(32)20(39-24)11(7-27)26-35-2/h3-6,14-22,24,27-33H,7-8H2,1-2H3,(H,25,34)/t14?,15-,16+,17+,18-,19-,20+,21-,22+,24+/m0/s1. The van der Waals surface area contributed by atoms with E-state index in [0.717, 1.165) is 0 Å². The number of hydrogen-bond acceptors (Lipinski definition) is 14. The van der Waals surface area contributed by atoms with Crippen LogP contribution in [0.4, 0.5) is 0 Å². The third-order valence-electron chi connectivity index (χ3n) is 6.79. The Morgan fingerprint density at radius 3 is 2.41 bits per heavy atom. The lowest BCUT2D eigenvalue weighted by molar-refractivity contribution is -0.155. The summed E-state index contributed by atoms with van der Waals surface area (Å²) in [5.41, 5.74) is 0.461. The maximum absolute atomic E-state index is 12.8. The molecule has 1 saturated carbocycles. The van der Waals surface area contributed by atoms with Gasteiger partial charge in [0.1, 0.15) is 68.4 Å². The number of nitrogens with one attached hydrogen (secondary N) is 1. The maximum Gasteiger partial charge on any atom is 0.247 e. The van der Waals surface area contributed by atoms with E-state index in [-0.39, 0.29) is 29.6 Å². The number of fused-ring (bicyclic) bond motifs is 1. The highest BCUT2D eigenvalue weighted by Gasteiger charge is 2.53. The summed E-state index contributed by atoms with van der Waals surface area (Å²) in [6.45, 7) is 0.714.